The zero-order valence-electron chi connectivity index (χ0n) is 16.9. The van der Waals surface area contributed by atoms with E-state index in [1.165, 1.54) is 19.4 Å². The third kappa shape index (κ3) is 7.66. The first-order valence-corrected chi connectivity index (χ1v) is 10.7. The molecule has 27 heavy (non-hydrogen) atoms. The molecule has 0 aromatic carbocycles. The Morgan fingerprint density at radius 1 is 1.19 bits per heavy atom. The Hall–Kier alpha value is -0.120. The number of rotatable bonds is 6. The van der Waals surface area contributed by atoms with Crippen LogP contribution in [0.2, 0.25) is 0 Å². The molecule has 0 bridgehead atoms. The van der Waals surface area contributed by atoms with Crippen molar-refractivity contribution in [3.63, 3.8) is 0 Å². The first-order valence-electron chi connectivity index (χ1n) is 10.7. The summed E-state index contributed by atoms with van der Waals surface area (Å²) >= 11 is 0. The van der Waals surface area contributed by atoms with Crippen molar-refractivity contribution in [2.24, 2.45) is 10.9 Å². The van der Waals surface area contributed by atoms with Gasteiger partial charge in [0, 0.05) is 38.8 Å². The fraction of sp³-hybridized carbons (Fsp3) is 0.950. The predicted molar refractivity (Wildman–Crippen MR) is 121 cm³/mol. The number of ether oxygens (including phenoxy) is 1. The normalized spacial score (nSPS) is 27.2. The Kier molecular flexibility index (Phi) is 10.1. The molecule has 0 radical (unpaired) electrons. The number of aliphatic imine (C=N–C) groups is 1. The van der Waals surface area contributed by atoms with Gasteiger partial charge in [-0.15, -0.1) is 24.0 Å². The molecular formula is C20H39IN4O2. The summed E-state index contributed by atoms with van der Waals surface area (Å²) in [6, 6.07) is 0.477. The number of aliphatic hydroxyl groups is 1. The van der Waals surface area contributed by atoms with Crippen molar-refractivity contribution in [2.45, 2.75) is 69.9 Å². The average Bonchev–Trinajstić information content (AvgIpc) is 3.15. The van der Waals surface area contributed by atoms with Gasteiger partial charge in [-0.05, 0) is 44.9 Å². The lowest BCUT2D eigenvalue weighted by Gasteiger charge is -2.34. The van der Waals surface area contributed by atoms with Gasteiger partial charge in [-0.3, -0.25) is 4.99 Å². The van der Waals surface area contributed by atoms with Crippen molar-refractivity contribution in [2.75, 3.05) is 45.9 Å². The van der Waals surface area contributed by atoms with Gasteiger partial charge < -0.3 is 25.4 Å². The Balaban J connectivity index is 0.00000261. The van der Waals surface area contributed by atoms with Gasteiger partial charge in [0.05, 0.1) is 18.8 Å². The van der Waals surface area contributed by atoms with Crippen molar-refractivity contribution in [3.8, 4) is 0 Å². The minimum Gasteiger partial charge on any atom is -0.388 e. The summed E-state index contributed by atoms with van der Waals surface area (Å²) in [5.41, 5.74) is -0.590. The second-order valence-corrected chi connectivity index (χ2v) is 8.43. The third-order valence-electron chi connectivity index (χ3n) is 6.13. The quantitative estimate of drug-likeness (QED) is 0.301. The number of hydrogen-bond acceptors (Lipinski definition) is 4. The van der Waals surface area contributed by atoms with Crippen LogP contribution in [0.1, 0.15) is 58.3 Å². The van der Waals surface area contributed by atoms with Gasteiger partial charge in [-0.25, -0.2) is 0 Å². The van der Waals surface area contributed by atoms with Crippen LogP contribution in [0.5, 0.6) is 0 Å². The Morgan fingerprint density at radius 3 is 2.56 bits per heavy atom. The summed E-state index contributed by atoms with van der Waals surface area (Å²) in [6.07, 6.45) is 8.80. The largest absolute Gasteiger partial charge is 0.388 e. The van der Waals surface area contributed by atoms with Crippen LogP contribution in [0, 0.1) is 5.92 Å². The first-order chi connectivity index (χ1) is 12.7. The Labute approximate surface area is 181 Å². The molecule has 0 aromatic heterocycles. The predicted octanol–water partition coefficient (Wildman–Crippen LogP) is 2.36. The molecule has 158 valence electrons. The monoisotopic (exact) mass is 494 g/mol. The van der Waals surface area contributed by atoms with E-state index in [0.29, 0.717) is 12.6 Å². The van der Waals surface area contributed by atoms with Gasteiger partial charge in [0.2, 0.25) is 0 Å². The fourth-order valence-corrected chi connectivity index (χ4v) is 4.46. The molecule has 2 heterocycles. The zero-order valence-corrected chi connectivity index (χ0v) is 19.2. The molecule has 3 N–H and O–H groups in total. The van der Waals surface area contributed by atoms with Crippen molar-refractivity contribution < 1.29 is 9.84 Å². The van der Waals surface area contributed by atoms with E-state index in [9.17, 15) is 5.11 Å². The number of halogens is 1. The number of nitrogens with one attached hydrogen (secondary N) is 2. The number of likely N-dealkylation sites (tertiary alicyclic amines) is 1. The topological polar surface area (TPSA) is 69.1 Å². The number of nitrogens with zero attached hydrogens (tertiary/aromatic N) is 2. The van der Waals surface area contributed by atoms with Crippen LogP contribution in [0.25, 0.3) is 0 Å². The van der Waals surface area contributed by atoms with Gasteiger partial charge in [0.1, 0.15) is 0 Å². The van der Waals surface area contributed by atoms with Crippen LogP contribution in [-0.4, -0.2) is 73.5 Å². The minimum absolute atomic E-state index is 0. The molecule has 7 heteroatoms. The number of piperidine rings is 1. The van der Waals surface area contributed by atoms with E-state index in [4.69, 9.17) is 9.73 Å². The first kappa shape index (κ1) is 23.2. The molecule has 6 nitrogen and oxygen atoms in total. The minimum atomic E-state index is -0.590. The lowest BCUT2D eigenvalue weighted by molar-refractivity contribution is 0.0131. The van der Waals surface area contributed by atoms with E-state index in [-0.39, 0.29) is 24.0 Å². The lowest BCUT2D eigenvalue weighted by atomic mass is 9.85. The van der Waals surface area contributed by atoms with Crippen LogP contribution in [0.15, 0.2) is 4.99 Å². The summed E-state index contributed by atoms with van der Waals surface area (Å²) in [6.45, 7) is 8.84. The third-order valence-corrected chi connectivity index (χ3v) is 6.13. The fourth-order valence-electron chi connectivity index (χ4n) is 4.46. The summed E-state index contributed by atoms with van der Waals surface area (Å²) in [4.78, 5) is 7.31. The molecule has 2 saturated heterocycles. The molecule has 3 fully saturated rings. The maximum atomic E-state index is 10.7. The Morgan fingerprint density at radius 2 is 1.93 bits per heavy atom. The van der Waals surface area contributed by atoms with Crippen molar-refractivity contribution in [1.29, 1.82) is 0 Å². The van der Waals surface area contributed by atoms with Gasteiger partial charge in [0.25, 0.3) is 0 Å². The molecule has 3 aliphatic rings. The van der Waals surface area contributed by atoms with E-state index < -0.39 is 5.60 Å². The second kappa shape index (κ2) is 11.8. The molecule has 0 aromatic rings. The summed E-state index contributed by atoms with van der Waals surface area (Å²) in [5.74, 6) is 1.60. The highest BCUT2D eigenvalue weighted by Gasteiger charge is 2.29. The van der Waals surface area contributed by atoms with Crippen molar-refractivity contribution in [3.05, 3.63) is 0 Å². The molecule has 2 aliphatic heterocycles. The van der Waals surface area contributed by atoms with Crippen LogP contribution < -0.4 is 10.6 Å². The highest BCUT2D eigenvalue weighted by Crippen LogP contribution is 2.28. The average molecular weight is 494 g/mol. The molecule has 1 aliphatic carbocycles. The number of guanidine groups is 1. The zero-order chi connectivity index (χ0) is 18.2. The molecule has 1 atom stereocenters. The van der Waals surface area contributed by atoms with Gasteiger partial charge in [-0.2, -0.15) is 0 Å². The van der Waals surface area contributed by atoms with Gasteiger partial charge in [0.15, 0.2) is 5.96 Å². The van der Waals surface area contributed by atoms with Crippen LogP contribution in [-0.2, 0) is 4.74 Å². The molecule has 1 unspecified atom stereocenters. The lowest BCUT2D eigenvalue weighted by Crippen LogP contribution is -2.50. The molecule has 0 spiro atoms. The van der Waals surface area contributed by atoms with Crippen molar-refractivity contribution in [1.82, 2.24) is 15.5 Å². The molecule has 3 rings (SSSR count). The van der Waals surface area contributed by atoms with Gasteiger partial charge in [-0.1, -0.05) is 19.3 Å². The van der Waals surface area contributed by atoms with E-state index in [0.717, 1.165) is 83.3 Å². The van der Waals surface area contributed by atoms with E-state index in [1.54, 1.807) is 0 Å². The summed E-state index contributed by atoms with van der Waals surface area (Å²) in [7, 11) is 0. The van der Waals surface area contributed by atoms with Crippen LogP contribution >= 0.6 is 24.0 Å². The second-order valence-electron chi connectivity index (χ2n) is 8.43. The highest BCUT2D eigenvalue weighted by molar-refractivity contribution is 14.0. The van der Waals surface area contributed by atoms with Crippen LogP contribution in [0.3, 0.4) is 0 Å². The van der Waals surface area contributed by atoms with E-state index >= 15 is 0 Å². The maximum absolute atomic E-state index is 10.7. The smallest absolute Gasteiger partial charge is 0.191 e. The molecule has 1 saturated carbocycles. The van der Waals surface area contributed by atoms with E-state index in [1.807, 2.05) is 0 Å². The Bertz CT molecular complexity index is 443. The molecule has 0 amide bonds. The highest BCUT2D eigenvalue weighted by atomic mass is 127. The van der Waals surface area contributed by atoms with Gasteiger partial charge >= 0.3 is 0 Å². The molecular weight excluding hydrogens is 455 g/mol. The SMILES string of the molecule is CCNC(=NCC1(O)CCCCC1)NC1CCN(CC2CCOC2)CC1.I. The van der Waals surface area contributed by atoms with Crippen LogP contribution in [0.4, 0.5) is 0 Å². The van der Waals surface area contributed by atoms with Crippen molar-refractivity contribution >= 4 is 29.9 Å². The number of hydrogen-bond donors (Lipinski definition) is 3. The standard InChI is InChI=1S/C20H38N4O2.HI/c1-2-21-19(22-16-20(25)9-4-3-5-10-20)23-18-6-11-24(12-7-18)14-17-8-13-26-15-17;/h17-18,25H,2-16H2,1H3,(H2,21,22,23);1H. The van der Waals surface area contributed by atoms with E-state index in [2.05, 4.69) is 22.5 Å². The summed E-state index contributed by atoms with van der Waals surface area (Å²) < 4.78 is 5.50. The maximum Gasteiger partial charge on any atom is 0.191 e. The summed E-state index contributed by atoms with van der Waals surface area (Å²) in [5, 5.41) is 17.6.